The number of carboxylic acids is 1. The van der Waals surface area contributed by atoms with Crippen molar-refractivity contribution in [2.75, 3.05) is 0 Å². The lowest BCUT2D eigenvalue weighted by Crippen LogP contribution is -2.38. The molecule has 0 saturated carbocycles. The van der Waals surface area contributed by atoms with Gasteiger partial charge >= 0.3 is 5.97 Å². The van der Waals surface area contributed by atoms with E-state index in [1.54, 1.807) is 6.92 Å². The minimum atomic E-state index is -1.39. The summed E-state index contributed by atoms with van der Waals surface area (Å²) in [5, 5.41) is 29.2. The fraction of sp³-hybridized carbons (Fsp3) is 0.417. The third-order valence-electron chi connectivity index (χ3n) is 5.15. The van der Waals surface area contributed by atoms with Gasteiger partial charge in [0.15, 0.2) is 5.78 Å². The predicted octanol–water partition coefficient (Wildman–Crippen LogP) is 5.65. The highest BCUT2D eigenvalue weighted by Gasteiger charge is 2.42. The summed E-state index contributed by atoms with van der Waals surface area (Å²) in [6.07, 6.45) is 8.68. The number of carboxylic acid groups (broad SMARTS) is 1. The van der Waals surface area contributed by atoms with Gasteiger partial charge in [-0.25, -0.2) is 0 Å². The molecule has 3 N–H and O–H groups in total. The second kappa shape index (κ2) is 10.6. The molecule has 0 radical (unpaired) electrons. The van der Waals surface area contributed by atoms with Crippen LogP contribution in [0.4, 0.5) is 0 Å². The molecule has 0 aliphatic rings. The first-order valence-corrected chi connectivity index (χ1v) is 9.73. The number of aliphatic carboxylic acids is 1. The second-order valence-electron chi connectivity index (χ2n) is 7.96. The summed E-state index contributed by atoms with van der Waals surface area (Å²) in [5.74, 6) is -4.01. The maximum absolute atomic E-state index is 12.9. The molecule has 0 aliphatic carbocycles. The number of hydrogen-bond donors (Lipinski definition) is 3. The zero-order valence-electron chi connectivity index (χ0n) is 17.7. The number of allylic oxidation sites excluding steroid dienone is 5. The van der Waals surface area contributed by atoms with Gasteiger partial charge in [0, 0.05) is 11.5 Å². The van der Waals surface area contributed by atoms with Crippen molar-refractivity contribution < 1.29 is 24.9 Å². The summed E-state index contributed by atoms with van der Waals surface area (Å²) < 4.78 is 0. The maximum atomic E-state index is 12.9. The monoisotopic (exact) mass is 400 g/mol. The Morgan fingerprint density at radius 3 is 2.31 bits per heavy atom. The van der Waals surface area contributed by atoms with E-state index in [0.717, 1.165) is 18.9 Å². The summed E-state index contributed by atoms with van der Waals surface area (Å²) in [7, 11) is 0. The molecule has 158 valence electrons. The molecular formula is C24H32O5. The molecule has 0 heterocycles. The molecule has 2 atom stereocenters. The molecule has 5 heteroatoms. The first kappa shape index (κ1) is 24.2. The normalized spacial score (nSPS) is 14.6. The Morgan fingerprint density at radius 1 is 1.14 bits per heavy atom. The lowest BCUT2D eigenvalue weighted by Gasteiger charge is -2.31. The third kappa shape index (κ3) is 6.93. The largest absolute Gasteiger partial charge is 0.508 e. The molecular weight excluding hydrogens is 368 g/mol. The van der Waals surface area contributed by atoms with Crippen LogP contribution in [0.15, 0.2) is 54.2 Å². The molecule has 0 saturated heterocycles. The van der Waals surface area contributed by atoms with Crippen molar-refractivity contribution in [1.29, 1.82) is 0 Å². The third-order valence-corrected chi connectivity index (χ3v) is 5.15. The van der Waals surface area contributed by atoms with E-state index in [0.29, 0.717) is 12.8 Å². The van der Waals surface area contributed by atoms with Crippen LogP contribution < -0.4 is 0 Å². The number of ketones is 1. The lowest BCUT2D eigenvalue weighted by molar-refractivity contribution is -0.142. The topological polar surface area (TPSA) is 94.8 Å². The molecule has 0 aromatic heterocycles. The smallest absolute Gasteiger partial charge is 0.315 e. The van der Waals surface area contributed by atoms with E-state index in [1.165, 1.54) is 29.4 Å². The van der Waals surface area contributed by atoms with Gasteiger partial charge in [0.25, 0.3) is 0 Å². The molecule has 0 spiro atoms. The van der Waals surface area contributed by atoms with Gasteiger partial charge in [-0.3, -0.25) is 9.59 Å². The molecule has 2 unspecified atom stereocenters. The van der Waals surface area contributed by atoms with Crippen LogP contribution in [0.2, 0.25) is 0 Å². The standard InChI is InChI=1S/C24H32O5/c1-6-24(5,14-8-11-17(4)10-7-9-16(2)3)21(23(28)29)22(27)19-13-12-18(25)15-20(19)26/h6,9,11-13,15,21,25-26H,1,7-8,10,14H2,2-5H3,(H,28,29)/b17-11+. The van der Waals surface area contributed by atoms with E-state index in [1.807, 2.05) is 6.92 Å². The number of aromatic hydroxyl groups is 2. The molecule has 1 rings (SSSR count). The van der Waals surface area contributed by atoms with Crippen LogP contribution in [-0.2, 0) is 4.79 Å². The lowest BCUT2D eigenvalue weighted by atomic mass is 9.70. The highest BCUT2D eigenvalue weighted by Crippen LogP contribution is 2.38. The number of phenolic OH excluding ortho intramolecular Hbond substituents is 2. The summed E-state index contributed by atoms with van der Waals surface area (Å²) in [6, 6.07) is 3.51. The number of carbonyl (C=O) groups is 2. The van der Waals surface area contributed by atoms with Crippen molar-refractivity contribution in [2.24, 2.45) is 11.3 Å². The van der Waals surface area contributed by atoms with Gasteiger partial charge in [-0.2, -0.15) is 0 Å². The number of phenols is 2. The molecule has 0 bridgehead atoms. The van der Waals surface area contributed by atoms with Crippen LogP contribution in [0.5, 0.6) is 11.5 Å². The summed E-state index contributed by atoms with van der Waals surface area (Å²) in [5.41, 5.74) is 1.36. The maximum Gasteiger partial charge on any atom is 0.315 e. The molecule has 1 aromatic rings. The number of hydrogen-bond acceptors (Lipinski definition) is 4. The van der Waals surface area contributed by atoms with Crippen molar-refractivity contribution in [2.45, 2.75) is 53.4 Å². The molecule has 5 nitrogen and oxygen atoms in total. The van der Waals surface area contributed by atoms with Crippen molar-refractivity contribution in [3.8, 4) is 11.5 Å². The Labute approximate surface area is 173 Å². The van der Waals surface area contributed by atoms with Gasteiger partial charge in [0.1, 0.15) is 17.4 Å². The van der Waals surface area contributed by atoms with Gasteiger partial charge in [-0.1, -0.05) is 36.3 Å². The fourth-order valence-corrected chi connectivity index (χ4v) is 3.26. The van der Waals surface area contributed by atoms with E-state index in [9.17, 15) is 24.9 Å². The van der Waals surface area contributed by atoms with Crippen LogP contribution in [0.1, 0.15) is 63.7 Å². The van der Waals surface area contributed by atoms with Gasteiger partial charge in [-0.15, -0.1) is 6.58 Å². The highest BCUT2D eigenvalue weighted by atomic mass is 16.4. The van der Waals surface area contributed by atoms with Gasteiger partial charge in [0.2, 0.25) is 0 Å². The molecule has 1 aromatic carbocycles. The van der Waals surface area contributed by atoms with E-state index < -0.39 is 28.8 Å². The van der Waals surface area contributed by atoms with E-state index in [4.69, 9.17) is 0 Å². The van der Waals surface area contributed by atoms with Gasteiger partial charge in [-0.05, 0) is 58.6 Å². The van der Waals surface area contributed by atoms with E-state index >= 15 is 0 Å². The number of benzene rings is 1. The zero-order valence-corrected chi connectivity index (χ0v) is 17.7. The Hall–Kier alpha value is -2.82. The Balaban J connectivity index is 3.01. The van der Waals surface area contributed by atoms with Crippen LogP contribution in [-0.4, -0.2) is 27.1 Å². The summed E-state index contributed by atoms with van der Waals surface area (Å²) in [4.78, 5) is 24.9. The average molecular weight is 401 g/mol. The van der Waals surface area contributed by atoms with Crippen molar-refractivity contribution in [3.05, 3.63) is 59.7 Å². The minimum Gasteiger partial charge on any atom is -0.508 e. The zero-order chi connectivity index (χ0) is 22.2. The van der Waals surface area contributed by atoms with Crippen LogP contribution in [0, 0.1) is 11.3 Å². The Kier molecular flexibility index (Phi) is 8.89. The predicted molar refractivity (Wildman–Crippen MR) is 115 cm³/mol. The number of Topliss-reactive ketones (excluding diaryl/α,β-unsaturated/α-hetero) is 1. The van der Waals surface area contributed by atoms with Crippen LogP contribution in [0.25, 0.3) is 0 Å². The van der Waals surface area contributed by atoms with Crippen LogP contribution in [0.3, 0.4) is 0 Å². The second-order valence-corrected chi connectivity index (χ2v) is 7.96. The molecule has 0 amide bonds. The number of carbonyl (C=O) groups excluding carboxylic acids is 1. The quantitative estimate of drug-likeness (QED) is 0.254. The summed E-state index contributed by atoms with van der Waals surface area (Å²) >= 11 is 0. The van der Waals surface area contributed by atoms with Crippen LogP contribution >= 0.6 is 0 Å². The van der Waals surface area contributed by atoms with Crippen molar-refractivity contribution >= 4 is 11.8 Å². The van der Waals surface area contributed by atoms with Crippen molar-refractivity contribution in [3.63, 3.8) is 0 Å². The molecule has 29 heavy (non-hydrogen) atoms. The van der Waals surface area contributed by atoms with Crippen molar-refractivity contribution in [1.82, 2.24) is 0 Å². The Bertz CT molecular complexity index is 815. The van der Waals surface area contributed by atoms with Gasteiger partial charge in [0.05, 0.1) is 5.56 Å². The molecule has 0 aliphatic heterocycles. The number of rotatable bonds is 11. The minimum absolute atomic E-state index is 0.128. The SMILES string of the molecule is C=CC(C)(CC/C=C(\C)CCC=C(C)C)C(C(=O)O)C(=O)c1ccc(O)cc1O. The highest BCUT2D eigenvalue weighted by molar-refractivity contribution is 6.10. The molecule has 0 fully saturated rings. The first-order valence-electron chi connectivity index (χ1n) is 9.73. The Morgan fingerprint density at radius 2 is 1.79 bits per heavy atom. The average Bonchev–Trinajstić information content (AvgIpc) is 2.60. The summed E-state index contributed by atoms with van der Waals surface area (Å²) in [6.45, 7) is 11.6. The first-order chi connectivity index (χ1) is 13.5. The van der Waals surface area contributed by atoms with E-state index in [-0.39, 0.29) is 11.3 Å². The fourth-order valence-electron chi connectivity index (χ4n) is 3.26. The van der Waals surface area contributed by atoms with E-state index in [2.05, 4.69) is 32.6 Å². The van der Waals surface area contributed by atoms with Gasteiger partial charge < -0.3 is 15.3 Å².